The molecule has 2 aromatic heterocycles. The van der Waals surface area contributed by atoms with Crippen LogP contribution in [0.25, 0.3) is 22.2 Å². The van der Waals surface area contributed by atoms with Crippen LogP contribution < -0.4 is 16.0 Å². The number of nitrogens with zero attached hydrogens (tertiary/aromatic N) is 3. The molecule has 0 saturated heterocycles. The van der Waals surface area contributed by atoms with Crippen LogP contribution in [0.1, 0.15) is 23.1 Å². The van der Waals surface area contributed by atoms with E-state index in [0.29, 0.717) is 31.1 Å². The summed E-state index contributed by atoms with van der Waals surface area (Å²) in [5, 5.41) is 8.85. The molecular weight excluding hydrogens is 356 g/mol. The van der Waals surface area contributed by atoms with E-state index in [1.807, 2.05) is 42.0 Å². The summed E-state index contributed by atoms with van der Waals surface area (Å²) in [7, 11) is 0. The lowest BCUT2D eigenvalue weighted by Gasteiger charge is -2.14. The molecule has 1 aliphatic rings. The monoisotopic (exact) mass is 378 g/mol. The fraction of sp³-hybridized carbons (Fsp3) is 0.300. The summed E-state index contributed by atoms with van der Waals surface area (Å²) in [6.45, 7) is 5.86. The summed E-state index contributed by atoms with van der Waals surface area (Å²) in [5.74, 6) is 0.569. The first kappa shape index (κ1) is 18.0. The van der Waals surface area contributed by atoms with E-state index < -0.39 is 0 Å². The predicted molar refractivity (Wildman–Crippen MR) is 107 cm³/mol. The highest BCUT2D eigenvalue weighted by Gasteiger charge is 2.19. The van der Waals surface area contributed by atoms with Gasteiger partial charge in [0, 0.05) is 50.4 Å². The third kappa shape index (κ3) is 3.40. The second kappa shape index (κ2) is 7.30. The molecule has 4 rings (SSSR count). The average molecular weight is 378 g/mol. The van der Waals surface area contributed by atoms with Gasteiger partial charge in [-0.05, 0) is 19.1 Å². The molecule has 144 valence electrons. The Morgan fingerprint density at radius 1 is 1.29 bits per heavy atom. The van der Waals surface area contributed by atoms with Crippen LogP contribution in [0, 0.1) is 6.92 Å². The molecule has 8 heteroatoms. The van der Waals surface area contributed by atoms with Gasteiger partial charge in [-0.15, -0.1) is 0 Å². The Morgan fingerprint density at radius 2 is 2.14 bits per heavy atom. The second-order valence-electron chi connectivity index (χ2n) is 6.80. The smallest absolute Gasteiger partial charge is 0.267 e. The minimum Gasteiger partial charge on any atom is -0.367 e. The molecule has 0 aliphatic carbocycles. The van der Waals surface area contributed by atoms with Crippen molar-refractivity contribution < 1.29 is 9.59 Å². The Labute approximate surface area is 162 Å². The molecule has 3 aromatic rings. The van der Waals surface area contributed by atoms with Crippen LogP contribution in [-0.2, 0) is 11.3 Å². The van der Waals surface area contributed by atoms with Crippen molar-refractivity contribution in [3.8, 4) is 11.1 Å². The van der Waals surface area contributed by atoms with Gasteiger partial charge < -0.3 is 20.5 Å². The molecular formula is C20H22N6O2. The van der Waals surface area contributed by atoms with Gasteiger partial charge >= 0.3 is 0 Å². The summed E-state index contributed by atoms with van der Waals surface area (Å²) in [6, 6.07) is 7.77. The molecule has 1 aromatic carbocycles. The highest BCUT2D eigenvalue weighted by atomic mass is 16.2. The highest BCUT2D eigenvalue weighted by Crippen LogP contribution is 2.30. The van der Waals surface area contributed by atoms with Crippen molar-refractivity contribution in [2.24, 2.45) is 0 Å². The zero-order chi connectivity index (χ0) is 19.7. The molecule has 0 atom stereocenters. The summed E-state index contributed by atoms with van der Waals surface area (Å²) in [6.07, 6.45) is 1.99. The fourth-order valence-electron chi connectivity index (χ4n) is 3.40. The summed E-state index contributed by atoms with van der Waals surface area (Å²) >= 11 is 0. The lowest BCUT2D eigenvalue weighted by Crippen LogP contribution is -2.34. The van der Waals surface area contributed by atoms with Gasteiger partial charge in [0.15, 0.2) is 0 Å². The molecule has 3 N–H and O–H groups in total. The zero-order valence-corrected chi connectivity index (χ0v) is 15.9. The van der Waals surface area contributed by atoms with Crippen molar-refractivity contribution in [1.82, 2.24) is 25.2 Å². The number of aromatic nitrogens is 3. The van der Waals surface area contributed by atoms with Crippen LogP contribution in [-0.4, -0.2) is 46.0 Å². The number of hydrogen-bond acceptors (Lipinski definition) is 5. The Morgan fingerprint density at radius 3 is 2.93 bits per heavy atom. The van der Waals surface area contributed by atoms with Gasteiger partial charge in [0.2, 0.25) is 5.91 Å². The predicted octanol–water partition coefficient (Wildman–Crippen LogP) is 1.70. The number of para-hydroxylation sites is 1. The lowest BCUT2D eigenvalue weighted by atomic mass is 10.1. The van der Waals surface area contributed by atoms with Crippen molar-refractivity contribution >= 4 is 28.7 Å². The molecule has 3 heterocycles. The van der Waals surface area contributed by atoms with Crippen LogP contribution in [0.5, 0.6) is 0 Å². The maximum Gasteiger partial charge on any atom is 0.267 e. The normalized spacial score (nSPS) is 13.1. The first-order valence-corrected chi connectivity index (χ1v) is 9.27. The first-order chi connectivity index (χ1) is 13.5. The Bertz CT molecular complexity index is 1070. The number of carbonyl (C=O) groups is 2. The fourth-order valence-corrected chi connectivity index (χ4v) is 3.40. The largest absolute Gasteiger partial charge is 0.367 e. The molecule has 0 unspecified atom stereocenters. The lowest BCUT2D eigenvalue weighted by molar-refractivity contribution is -0.118. The van der Waals surface area contributed by atoms with Crippen LogP contribution in [0.2, 0.25) is 0 Å². The van der Waals surface area contributed by atoms with Crippen LogP contribution in [0.15, 0.2) is 30.5 Å². The zero-order valence-electron chi connectivity index (χ0n) is 15.9. The highest BCUT2D eigenvalue weighted by molar-refractivity contribution is 5.98. The Balaban J connectivity index is 1.70. The van der Waals surface area contributed by atoms with E-state index in [-0.39, 0.29) is 11.8 Å². The van der Waals surface area contributed by atoms with Crippen LogP contribution >= 0.6 is 0 Å². The van der Waals surface area contributed by atoms with Crippen LogP contribution in [0.3, 0.4) is 0 Å². The van der Waals surface area contributed by atoms with Gasteiger partial charge in [-0.25, -0.2) is 9.97 Å². The Kier molecular flexibility index (Phi) is 4.68. The SMILES string of the molecule is CC(=O)NCCNc1nc2c(-c3cc4n(c3)CCNC4=O)cccc2nc1C. The molecule has 0 spiro atoms. The topological polar surface area (TPSA) is 101 Å². The Hall–Kier alpha value is -3.42. The van der Waals surface area contributed by atoms with E-state index >= 15 is 0 Å². The van der Waals surface area contributed by atoms with Gasteiger partial charge in [-0.2, -0.15) is 0 Å². The molecule has 0 saturated carbocycles. The van der Waals surface area contributed by atoms with Gasteiger partial charge in [-0.1, -0.05) is 12.1 Å². The number of carbonyl (C=O) groups excluding carboxylic acids is 2. The second-order valence-corrected chi connectivity index (χ2v) is 6.80. The number of amides is 2. The maximum absolute atomic E-state index is 12.1. The molecule has 0 fully saturated rings. The standard InChI is InChI=1S/C20H22N6O2/c1-12-19(22-7-6-21-13(2)27)25-18-15(4-3-5-16(18)24-12)14-10-17-20(28)23-8-9-26(17)11-14/h3-5,10-11H,6-9H2,1-2H3,(H,21,27)(H,22,25)(H,23,28). The van der Waals surface area contributed by atoms with Gasteiger partial charge in [0.25, 0.3) is 5.91 Å². The van der Waals surface area contributed by atoms with Gasteiger partial charge in [0.1, 0.15) is 11.5 Å². The number of fused-ring (bicyclic) bond motifs is 2. The molecule has 0 radical (unpaired) electrons. The van der Waals surface area contributed by atoms with Crippen molar-refractivity contribution in [1.29, 1.82) is 0 Å². The third-order valence-electron chi connectivity index (χ3n) is 4.74. The first-order valence-electron chi connectivity index (χ1n) is 9.27. The molecule has 2 amide bonds. The van der Waals surface area contributed by atoms with E-state index in [2.05, 4.69) is 20.9 Å². The van der Waals surface area contributed by atoms with Crippen molar-refractivity contribution in [2.75, 3.05) is 25.0 Å². The molecule has 0 bridgehead atoms. The number of nitrogens with one attached hydrogen (secondary N) is 3. The summed E-state index contributed by atoms with van der Waals surface area (Å²) in [4.78, 5) is 32.6. The summed E-state index contributed by atoms with van der Waals surface area (Å²) < 4.78 is 1.97. The quantitative estimate of drug-likeness (QED) is 0.587. The third-order valence-corrected chi connectivity index (χ3v) is 4.74. The van der Waals surface area contributed by atoms with E-state index in [9.17, 15) is 9.59 Å². The minimum absolute atomic E-state index is 0.0556. The number of anilines is 1. The number of benzene rings is 1. The van der Waals surface area contributed by atoms with Crippen molar-refractivity contribution in [3.63, 3.8) is 0 Å². The average Bonchev–Trinajstić information content (AvgIpc) is 3.10. The molecule has 1 aliphatic heterocycles. The van der Waals surface area contributed by atoms with E-state index in [4.69, 9.17) is 4.98 Å². The van der Waals surface area contributed by atoms with E-state index in [1.165, 1.54) is 6.92 Å². The maximum atomic E-state index is 12.1. The van der Waals surface area contributed by atoms with E-state index in [0.717, 1.165) is 34.4 Å². The number of aryl methyl sites for hydroxylation is 1. The van der Waals surface area contributed by atoms with Crippen molar-refractivity contribution in [3.05, 3.63) is 41.9 Å². The molecule has 28 heavy (non-hydrogen) atoms. The van der Waals surface area contributed by atoms with Crippen molar-refractivity contribution in [2.45, 2.75) is 20.4 Å². The number of hydrogen-bond donors (Lipinski definition) is 3. The minimum atomic E-state index is -0.0629. The van der Waals surface area contributed by atoms with Gasteiger partial charge in [-0.3, -0.25) is 9.59 Å². The summed E-state index contributed by atoms with van der Waals surface area (Å²) in [5.41, 5.74) is 4.91. The number of rotatable bonds is 5. The van der Waals surface area contributed by atoms with Crippen LogP contribution in [0.4, 0.5) is 5.82 Å². The van der Waals surface area contributed by atoms with Gasteiger partial charge in [0.05, 0.1) is 16.7 Å². The molecule has 8 nitrogen and oxygen atoms in total. The van der Waals surface area contributed by atoms with E-state index in [1.54, 1.807) is 0 Å².